The average Bonchev–Trinajstić information content (AvgIpc) is 3.74. The maximum absolute atomic E-state index is 2.41. The van der Waals surface area contributed by atoms with Gasteiger partial charge in [-0.05, 0) is 83.4 Å². The predicted molar refractivity (Wildman–Crippen MR) is 219 cm³/mol. The third-order valence-electron chi connectivity index (χ3n) is 9.99. The molecule has 0 N–H and O–H groups in total. The Balaban J connectivity index is 1.12. The van der Waals surface area contributed by atoms with Gasteiger partial charge in [0.25, 0.3) is 0 Å². The second-order valence-corrected chi connectivity index (χ2v) is 14.0. The van der Waals surface area contributed by atoms with E-state index in [-0.39, 0.29) is 0 Å². The normalized spacial score (nSPS) is 11.5. The quantitative estimate of drug-likeness (QED) is 0.171. The largest absolute Gasteiger partial charge is 0.310 e. The SMILES string of the molecule is c1ccc(-c2cccc(N(c3ccc(-c4ccccc4-n4c5ccccc5c5ccccc54)cc3)c3ccc4sc5ccccc5c4c3)c2)cc1. The van der Waals surface area contributed by atoms with Gasteiger partial charge in [0, 0.05) is 53.6 Å². The van der Waals surface area contributed by atoms with E-state index < -0.39 is 0 Å². The Morgan fingerprint density at radius 1 is 0.353 bits per heavy atom. The standard InChI is InChI=1S/C48H32N2S/c1-2-13-33(14-3-1)35-15-12-16-37(31-35)49(38-29-30-48-43(32-38)42-20-7-11-24-47(42)51-48)36-27-25-34(26-28-36)39-17-4-8-21-44(39)50-45-22-9-5-18-40(45)41-19-6-10-23-46(41)50/h1-32H. The highest BCUT2D eigenvalue weighted by Gasteiger charge is 2.18. The van der Waals surface area contributed by atoms with Crippen molar-refractivity contribution < 1.29 is 0 Å². The zero-order valence-electron chi connectivity index (χ0n) is 27.8. The molecule has 10 rings (SSSR count). The lowest BCUT2D eigenvalue weighted by atomic mass is 10.0. The Hall–Kier alpha value is -6.42. The summed E-state index contributed by atoms with van der Waals surface area (Å²) < 4.78 is 5.03. The number of benzene rings is 8. The monoisotopic (exact) mass is 668 g/mol. The number of nitrogens with zero attached hydrogens (tertiary/aromatic N) is 2. The van der Waals surface area contributed by atoms with Crippen LogP contribution in [-0.2, 0) is 0 Å². The number of thiophene rings is 1. The topological polar surface area (TPSA) is 8.17 Å². The smallest absolute Gasteiger partial charge is 0.0541 e. The fourth-order valence-corrected chi connectivity index (χ4v) is 8.73. The molecular formula is C48H32N2S. The first-order valence-electron chi connectivity index (χ1n) is 17.4. The van der Waals surface area contributed by atoms with E-state index in [0.29, 0.717) is 0 Å². The lowest BCUT2D eigenvalue weighted by Gasteiger charge is -2.26. The number of hydrogen-bond acceptors (Lipinski definition) is 2. The highest BCUT2D eigenvalue weighted by atomic mass is 32.1. The molecule has 0 radical (unpaired) electrons. The van der Waals surface area contributed by atoms with Crippen LogP contribution in [0.2, 0.25) is 0 Å². The molecule has 0 saturated carbocycles. The van der Waals surface area contributed by atoms with Crippen LogP contribution < -0.4 is 4.90 Å². The van der Waals surface area contributed by atoms with Crippen molar-refractivity contribution in [1.29, 1.82) is 0 Å². The summed E-state index contributed by atoms with van der Waals surface area (Å²) in [5.74, 6) is 0. The van der Waals surface area contributed by atoms with Crippen molar-refractivity contribution >= 4 is 70.4 Å². The lowest BCUT2D eigenvalue weighted by Crippen LogP contribution is -2.10. The molecule has 0 bridgehead atoms. The third-order valence-corrected chi connectivity index (χ3v) is 11.1. The molecule has 2 heterocycles. The van der Waals surface area contributed by atoms with Gasteiger partial charge >= 0.3 is 0 Å². The van der Waals surface area contributed by atoms with Gasteiger partial charge in [-0.1, -0.05) is 127 Å². The first kappa shape index (κ1) is 29.5. The first-order valence-corrected chi connectivity index (χ1v) is 18.2. The molecule has 0 amide bonds. The van der Waals surface area contributed by atoms with Gasteiger partial charge in [-0.3, -0.25) is 0 Å². The van der Waals surface area contributed by atoms with Gasteiger partial charge in [0.15, 0.2) is 0 Å². The van der Waals surface area contributed by atoms with Crippen LogP contribution in [0.15, 0.2) is 194 Å². The van der Waals surface area contributed by atoms with Gasteiger partial charge in [-0.25, -0.2) is 0 Å². The second kappa shape index (κ2) is 12.2. The van der Waals surface area contributed by atoms with Gasteiger partial charge in [0.05, 0.1) is 16.7 Å². The number of fused-ring (bicyclic) bond motifs is 6. The second-order valence-electron chi connectivity index (χ2n) is 13.0. The van der Waals surface area contributed by atoms with Crippen molar-refractivity contribution in [2.45, 2.75) is 0 Å². The fraction of sp³-hybridized carbons (Fsp3) is 0. The summed E-state index contributed by atoms with van der Waals surface area (Å²) in [5.41, 5.74) is 11.7. The Bertz CT molecular complexity index is 2810. The summed E-state index contributed by atoms with van der Waals surface area (Å²) in [5, 5.41) is 5.12. The zero-order chi connectivity index (χ0) is 33.7. The summed E-state index contributed by atoms with van der Waals surface area (Å²) in [6.45, 7) is 0. The Morgan fingerprint density at radius 2 is 0.941 bits per heavy atom. The molecule has 0 fully saturated rings. The Labute approximate surface area is 300 Å². The molecule has 0 saturated heterocycles. The van der Waals surface area contributed by atoms with Gasteiger partial charge in [0.2, 0.25) is 0 Å². The third kappa shape index (κ3) is 5.01. The fourth-order valence-electron chi connectivity index (χ4n) is 7.64. The molecule has 0 unspecified atom stereocenters. The van der Waals surface area contributed by atoms with Crippen LogP contribution in [0.5, 0.6) is 0 Å². The summed E-state index contributed by atoms with van der Waals surface area (Å²) in [6.07, 6.45) is 0. The minimum absolute atomic E-state index is 1.11. The molecule has 51 heavy (non-hydrogen) atoms. The van der Waals surface area contributed by atoms with Crippen LogP contribution in [-0.4, -0.2) is 4.57 Å². The number of aromatic nitrogens is 1. The first-order chi connectivity index (χ1) is 25.3. The van der Waals surface area contributed by atoms with Crippen molar-refractivity contribution in [1.82, 2.24) is 4.57 Å². The van der Waals surface area contributed by atoms with Gasteiger partial charge in [-0.15, -0.1) is 11.3 Å². The van der Waals surface area contributed by atoms with Crippen LogP contribution in [0, 0.1) is 0 Å². The van der Waals surface area contributed by atoms with E-state index in [1.807, 2.05) is 11.3 Å². The van der Waals surface area contributed by atoms with Crippen molar-refractivity contribution in [3.05, 3.63) is 194 Å². The van der Waals surface area contributed by atoms with E-state index in [4.69, 9.17) is 0 Å². The number of rotatable bonds is 6. The maximum Gasteiger partial charge on any atom is 0.0541 e. The van der Waals surface area contributed by atoms with Crippen molar-refractivity contribution in [2.75, 3.05) is 4.90 Å². The molecule has 2 nitrogen and oxygen atoms in total. The van der Waals surface area contributed by atoms with E-state index in [0.717, 1.165) is 17.1 Å². The van der Waals surface area contributed by atoms with E-state index in [2.05, 4.69) is 204 Å². The van der Waals surface area contributed by atoms with E-state index in [1.165, 1.54) is 69.9 Å². The molecular weight excluding hydrogens is 637 g/mol. The molecule has 3 heteroatoms. The number of anilines is 3. The number of para-hydroxylation sites is 3. The van der Waals surface area contributed by atoms with Crippen LogP contribution >= 0.6 is 11.3 Å². The molecule has 0 aliphatic rings. The molecule has 8 aromatic carbocycles. The van der Waals surface area contributed by atoms with Gasteiger partial charge in [0.1, 0.15) is 0 Å². The van der Waals surface area contributed by atoms with Crippen LogP contribution in [0.25, 0.3) is 69.9 Å². The van der Waals surface area contributed by atoms with Crippen molar-refractivity contribution in [2.24, 2.45) is 0 Å². The number of hydrogen-bond donors (Lipinski definition) is 0. The minimum atomic E-state index is 1.11. The maximum atomic E-state index is 2.41. The molecule has 2 aromatic heterocycles. The predicted octanol–water partition coefficient (Wildman–Crippen LogP) is 14.0. The molecule has 0 aliphatic carbocycles. The zero-order valence-corrected chi connectivity index (χ0v) is 28.6. The van der Waals surface area contributed by atoms with Crippen LogP contribution in [0.4, 0.5) is 17.1 Å². The summed E-state index contributed by atoms with van der Waals surface area (Å²) in [6, 6.07) is 70.4. The molecule has 0 spiro atoms. The molecule has 10 aromatic rings. The Kier molecular flexibility index (Phi) is 7.04. The highest BCUT2D eigenvalue weighted by Crippen LogP contribution is 2.42. The highest BCUT2D eigenvalue weighted by molar-refractivity contribution is 7.25. The molecule has 240 valence electrons. The summed E-state index contributed by atoms with van der Waals surface area (Å²) in [7, 11) is 0. The Morgan fingerprint density at radius 3 is 1.73 bits per heavy atom. The minimum Gasteiger partial charge on any atom is -0.310 e. The van der Waals surface area contributed by atoms with E-state index in [9.17, 15) is 0 Å². The average molecular weight is 669 g/mol. The molecule has 0 aliphatic heterocycles. The van der Waals surface area contributed by atoms with Gasteiger partial charge in [-0.2, -0.15) is 0 Å². The van der Waals surface area contributed by atoms with Crippen LogP contribution in [0.1, 0.15) is 0 Å². The molecule has 0 atom stereocenters. The van der Waals surface area contributed by atoms with Crippen molar-refractivity contribution in [3.63, 3.8) is 0 Å². The van der Waals surface area contributed by atoms with Crippen LogP contribution in [0.3, 0.4) is 0 Å². The summed E-state index contributed by atoms with van der Waals surface area (Å²) in [4.78, 5) is 2.39. The van der Waals surface area contributed by atoms with E-state index in [1.54, 1.807) is 0 Å². The summed E-state index contributed by atoms with van der Waals surface area (Å²) >= 11 is 1.85. The van der Waals surface area contributed by atoms with Gasteiger partial charge < -0.3 is 9.47 Å². The van der Waals surface area contributed by atoms with Crippen molar-refractivity contribution in [3.8, 4) is 27.9 Å². The lowest BCUT2D eigenvalue weighted by molar-refractivity contribution is 1.18. The van der Waals surface area contributed by atoms with E-state index >= 15 is 0 Å².